The molecule has 0 aliphatic heterocycles. The summed E-state index contributed by atoms with van der Waals surface area (Å²) in [5, 5.41) is 17.3. The Balaban J connectivity index is 4.07. The molecule has 4 nitrogen and oxygen atoms in total. The van der Waals surface area contributed by atoms with Crippen molar-refractivity contribution in [1.82, 2.24) is 0 Å². The van der Waals surface area contributed by atoms with Crippen LogP contribution in [0, 0.1) is 22.7 Å². The molecule has 0 saturated heterocycles. The van der Waals surface area contributed by atoms with Gasteiger partial charge in [-0.15, -0.1) is 0 Å². The normalized spacial score (nSPS) is 11.8. The maximum absolute atomic E-state index is 12.8. The summed E-state index contributed by atoms with van der Waals surface area (Å²) in [7, 11) is 0. The molecular formula is C10H4F6N4. The minimum atomic E-state index is -5.34. The van der Waals surface area contributed by atoms with Gasteiger partial charge in [0.15, 0.2) is 0 Å². The van der Waals surface area contributed by atoms with Crippen LogP contribution in [0.15, 0.2) is 0 Å². The fourth-order valence-electron chi connectivity index (χ4n) is 1.62. The van der Waals surface area contributed by atoms with E-state index in [4.69, 9.17) is 22.0 Å². The zero-order valence-electron chi connectivity index (χ0n) is 9.32. The molecule has 1 aromatic carbocycles. The van der Waals surface area contributed by atoms with Gasteiger partial charge in [-0.2, -0.15) is 36.9 Å². The van der Waals surface area contributed by atoms with Crippen molar-refractivity contribution in [3.05, 3.63) is 22.3 Å². The van der Waals surface area contributed by atoms with E-state index in [1.54, 1.807) is 0 Å². The molecule has 0 spiro atoms. The van der Waals surface area contributed by atoms with Crippen molar-refractivity contribution >= 4 is 11.4 Å². The largest absolute Gasteiger partial charge is 0.420 e. The van der Waals surface area contributed by atoms with Crippen LogP contribution in [0.3, 0.4) is 0 Å². The highest BCUT2D eigenvalue weighted by molar-refractivity contribution is 5.78. The van der Waals surface area contributed by atoms with E-state index >= 15 is 0 Å². The Morgan fingerprint density at radius 3 is 1.40 bits per heavy atom. The summed E-state index contributed by atoms with van der Waals surface area (Å²) in [6.45, 7) is 0. The van der Waals surface area contributed by atoms with Crippen LogP contribution in [0.2, 0.25) is 0 Å². The SMILES string of the molecule is N#Cc1c(N)c(C(F)(F)F)c(N)c(C(F)(F)F)c1C#N. The first-order chi connectivity index (χ1) is 8.96. The summed E-state index contributed by atoms with van der Waals surface area (Å²) in [5.41, 5.74) is 0.351. The van der Waals surface area contributed by atoms with Gasteiger partial charge in [-0.25, -0.2) is 0 Å². The summed E-state index contributed by atoms with van der Waals surface area (Å²) in [6.07, 6.45) is -10.6. The Morgan fingerprint density at radius 1 is 0.700 bits per heavy atom. The third-order valence-corrected chi connectivity index (χ3v) is 2.37. The molecule has 0 amide bonds. The van der Waals surface area contributed by atoms with Crippen LogP contribution >= 0.6 is 0 Å². The Hall–Kier alpha value is -2.62. The second-order valence-corrected chi connectivity index (χ2v) is 3.55. The summed E-state index contributed by atoms with van der Waals surface area (Å²) < 4.78 is 76.4. The Bertz CT molecular complexity index is 644. The lowest BCUT2D eigenvalue weighted by molar-refractivity contribution is -0.141. The molecule has 0 heterocycles. The summed E-state index contributed by atoms with van der Waals surface area (Å²) in [6, 6.07) is 2.08. The number of nitrogens with zero attached hydrogens (tertiary/aromatic N) is 2. The lowest BCUT2D eigenvalue weighted by atomic mass is 9.93. The maximum Gasteiger partial charge on any atom is 0.420 e. The fourth-order valence-corrected chi connectivity index (χ4v) is 1.62. The first-order valence-electron chi connectivity index (χ1n) is 4.66. The molecule has 0 aliphatic rings. The zero-order valence-corrected chi connectivity index (χ0v) is 9.32. The molecular weight excluding hydrogens is 290 g/mol. The molecule has 0 aliphatic carbocycles. The Labute approximate surface area is 107 Å². The molecule has 1 rings (SSSR count). The van der Waals surface area contributed by atoms with Gasteiger partial charge >= 0.3 is 12.4 Å². The minimum Gasteiger partial charge on any atom is -0.398 e. The number of nitrogens with two attached hydrogens (primary N) is 2. The number of nitriles is 2. The van der Waals surface area contributed by atoms with E-state index in [-0.39, 0.29) is 0 Å². The smallest absolute Gasteiger partial charge is 0.398 e. The first kappa shape index (κ1) is 15.4. The van der Waals surface area contributed by atoms with Crippen LogP contribution in [0.5, 0.6) is 0 Å². The number of nitrogen functional groups attached to an aromatic ring is 2. The van der Waals surface area contributed by atoms with Crippen molar-refractivity contribution in [3.8, 4) is 12.1 Å². The van der Waals surface area contributed by atoms with Crippen molar-refractivity contribution < 1.29 is 26.3 Å². The highest BCUT2D eigenvalue weighted by Crippen LogP contribution is 2.47. The van der Waals surface area contributed by atoms with E-state index < -0.39 is 46.0 Å². The van der Waals surface area contributed by atoms with Gasteiger partial charge in [0.25, 0.3) is 0 Å². The number of anilines is 2. The minimum absolute atomic E-state index is 1.01. The van der Waals surface area contributed by atoms with Crippen molar-refractivity contribution in [2.75, 3.05) is 11.5 Å². The second kappa shape index (κ2) is 4.49. The van der Waals surface area contributed by atoms with Gasteiger partial charge in [-0.05, 0) is 0 Å². The van der Waals surface area contributed by atoms with E-state index in [0.29, 0.717) is 0 Å². The van der Waals surface area contributed by atoms with E-state index in [0.717, 1.165) is 12.1 Å². The lowest BCUT2D eigenvalue weighted by Gasteiger charge is -2.20. The third kappa shape index (κ3) is 2.28. The molecule has 0 aromatic heterocycles. The van der Waals surface area contributed by atoms with Crippen molar-refractivity contribution in [3.63, 3.8) is 0 Å². The molecule has 1 aromatic rings. The molecule has 4 N–H and O–H groups in total. The number of hydrogen-bond acceptors (Lipinski definition) is 4. The van der Waals surface area contributed by atoms with Crippen LogP contribution in [-0.2, 0) is 12.4 Å². The average Bonchev–Trinajstić information content (AvgIpc) is 2.24. The predicted octanol–water partition coefficient (Wildman–Crippen LogP) is 2.63. The quantitative estimate of drug-likeness (QED) is 0.567. The van der Waals surface area contributed by atoms with Crippen molar-refractivity contribution in [1.29, 1.82) is 10.5 Å². The molecule has 0 radical (unpaired) electrons. The lowest BCUT2D eigenvalue weighted by Crippen LogP contribution is -2.21. The van der Waals surface area contributed by atoms with Gasteiger partial charge in [-0.1, -0.05) is 0 Å². The van der Waals surface area contributed by atoms with Crippen LogP contribution in [0.1, 0.15) is 22.3 Å². The molecule has 0 bridgehead atoms. The van der Waals surface area contributed by atoms with E-state index in [2.05, 4.69) is 0 Å². The van der Waals surface area contributed by atoms with Crippen LogP contribution in [0.4, 0.5) is 37.7 Å². The van der Waals surface area contributed by atoms with Gasteiger partial charge < -0.3 is 11.5 Å². The van der Waals surface area contributed by atoms with Gasteiger partial charge in [-0.3, -0.25) is 0 Å². The fraction of sp³-hybridized carbons (Fsp3) is 0.200. The van der Waals surface area contributed by atoms with E-state index in [9.17, 15) is 26.3 Å². The summed E-state index contributed by atoms with van der Waals surface area (Å²) >= 11 is 0. The Morgan fingerprint density at radius 2 is 1.10 bits per heavy atom. The summed E-state index contributed by atoms with van der Waals surface area (Å²) in [5.74, 6) is 0. The molecule has 20 heavy (non-hydrogen) atoms. The van der Waals surface area contributed by atoms with Crippen LogP contribution < -0.4 is 11.5 Å². The molecule has 0 unspecified atom stereocenters. The van der Waals surface area contributed by atoms with Crippen molar-refractivity contribution in [2.45, 2.75) is 12.4 Å². The van der Waals surface area contributed by atoms with Gasteiger partial charge in [0.2, 0.25) is 0 Å². The van der Waals surface area contributed by atoms with Gasteiger partial charge in [0.1, 0.15) is 17.7 Å². The number of alkyl halides is 6. The number of hydrogen-bond donors (Lipinski definition) is 2. The Kier molecular flexibility index (Phi) is 3.46. The zero-order chi connectivity index (χ0) is 15.9. The maximum atomic E-state index is 12.8. The standard InChI is InChI=1S/C10H4F6N4/c11-9(12,13)5-3(1-17)4(2-18)7(19)6(8(5)20)10(14,15)16/h19-20H2. The van der Waals surface area contributed by atoms with E-state index in [1.165, 1.54) is 0 Å². The molecule has 10 heteroatoms. The average molecular weight is 294 g/mol. The highest BCUT2D eigenvalue weighted by Gasteiger charge is 2.45. The molecule has 0 atom stereocenters. The summed E-state index contributed by atoms with van der Waals surface area (Å²) in [4.78, 5) is 0. The molecule has 0 saturated carbocycles. The van der Waals surface area contributed by atoms with Crippen LogP contribution in [0.25, 0.3) is 0 Å². The van der Waals surface area contributed by atoms with Crippen molar-refractivity contribution in [2.24, 2.45) is 0 Å². The number of halogens is 6. The van der Waals surface area contributed by atoms with Gasteiger partial charge in [0.05, 0.1) is 28.1 Å². The van der Waals surface area contributed by atoms with Gasteiger partial charge in [0, 0.05) is 0 Å². The molecule has 106 valence electrons. The number of benzene rings is 1. The second-order valence-electron chi connectivity index (χ2n) is 3.55. The predicted molar refractivity (Wildman–Crippen MR) is 54.7 cm³/mol. The monoisotopic (exact) mass is 294 g/mol. The first-order valence-corrected chi connectivity index (χ1v) is 4.66. The topological polar surface area (TPSA) is 99.6 Å². The van der Waals surface area contributed by atoms with Crippen LogP contribution in [-0.4, -0.2) is 0 Å². The van der Waals surface area contributed by atoms with E-state index in [1.807, 2.05) is 0 Å². The molecule has 0 fully saturated rings. The highest BCUT2D eigenvalue weighted by atomic mass is 19.4. The number of rotatable bonds is 0. The third-order valence-electron chi connectivity index (χ3n) is 2.37.